The summed E-state index contributed by atoms with van der Waals surface area (Å²) in [5.74, 6) is 3.21. The Morgan fingerprint density at radius 2 is 2.06 bits per heavy atom. The summed E-state index contributed by atoms with van der Waals surface area (Å²) in [7, 11) is 0. The lowest BCUT2D eigenvalue weighted by Crippen LogP contribution is -2.41. The van der Waals surface area contributed by atoms with E-state index in [0.717, 1.165) is 6.54 Å². The molecule has 1 aliphatic rings. The number of carbonyl (C=O) groups is 1. The first-order chi connectivity index (χ1) is 8.58. The number of nitrogens with one attached hydrogen (secondary N) is 2. The lowest BCUT2D eigenvalue weighted by molar-refractivity contribution is -0.120. The van der Waals surface area contributed by atoms with Crippen LogP contribution in [0.2, 0.25) is 0 Å². The molecule has 2 N–H and O–H groups in total. The summed E-state index contributed by atoms with van der Waals surface area (Å²) in [4.78, 5) is 11.7. The van der Waals surface area contributed by atoms with Gasteiger partial charge in [-0.25, -0.2) is 0 Å². The Hall–Kier alpha value is -1.01. The zero-order chi connectivity index (χ0) is 13.4. The van der Waals surface area contributed by atoms with Gasteiger partial charge in [-0.1, -0.05) is 32.6 Å². The predicted molar refractivity (Wildman–Crippen MR) is 75.1 cm³/mol. The summed E-state index contributed by atoms with van der Waals surface area (Å²) in [6.45, 7) is 6.11. The Morgan fingerprint density at radius 1 is 1.39 bits per heavy atom. The second-order valence-corrected chi connectivity index (χ2v) is 5.89. The minimum absolute atomic E-state index is 0.0558. The highest BCUT2D eigenvalue weighted by atomic mass is 16.1. The van der Waals surface area contributed by atoms with Crippen molar-refractivity contribution in [1.82, 2.24) is 10.6 Å². The molecule has 0 aromatic carbocycles. The maximum Gasteiger partial charge on any atom is 0.234 e. The molecule has 3 nitrogen and oxygen atoms in total. The van der Waals surface area contributed by atoms with Gasteiger partial charge in [0.25, 0.3) is 0 Å². The van der Waals surface area contributed by atoms with Crippen LogP contribution in [0.3, 0.4) is 0 Å². The van der Waals surface area contributed by atoms with Crippen LogP contribution in [-0.2, 0) is 4.79 Å². The lowest BCUT2D eigenvalue weighted by atomic mass is 9.78. The molecule has 0 aromatic rings. The van der Waals surface area contributed by atoms with Crippen LogP contribution >= 0.6 is 0 Å². The van der Waals surface area contributed by atoms with E-state index in [1.807, 2.05) is 0 Å². The van der Waals surface area contributed by atoms with Gasteiger partial charge in [-0.05, 0) is 30.6 Å². The van der Waals surface area contributed by atoms with Crippen molar-refractivity contribution in [2.75, 3.05) is 19.6 Å². The first-order valence-electron chi connectivity index (χ1n) is 6.99. The Bertz CT molecular complexity index is 298. The second-order valence-electron chi connectivity index (χ2n) is 5.89. The summed E-state index contributed by atoms with van der Waals surface area (Å²) in [5, 5.41) is 5.98. The van der Waals surface area contributed by atoms with E-state index in [4.69, 9.17) is 6.42 Å². The highest BCUT2D eigenvalue weighted by Gasteiger charge is 2.34. The van der Waals surface area contributed by atoms with E-state index in [1.54, 1.807) is 0 Å². The highest BCUT2D eigenvalue weighted by Crippen LogP contribution is 2.42. The van der Waals surface area contributed by atoms with Crippen molar-refractivity contribution < 1.29 is 4.79 Å². The van der Waals surface area contributed by atoms with Crippen molar-refractivity contribution in [2.24, 2.45) is 11.3 Å². The Kier molecular flexibility index (Phi) is 6.21. The van der Waals surface area contributed by atoms with Crippen molar-refractivity contribution in [1.29, 1.82) is 0 Å². The van der Waals surface area contributed by atoms with Crippen LogP contribution in [0.4, 0.5) is 0 Å². The monoisotopic (exact) mass is 250 g/mol. The van der Waals surface area contributed by atoms with Crippen molar-refractivity contribution in [2.45, 2.75) is 46.0 Å². The molecule has 0 aliphatic heterocycles. The van der Waals surface area contributed by atoms with Crippen LogP contribution in [-0.4, -0.2) is 25.5 Å². The van der Waals surface area contributed by atoms with Crippen LogP contribution in [0.1, 0.15) is 46.0 Å². The summed E-state index contributed by atoms with van der Waals surface area (Å²) in [6.07, 6.45) is 11.4. The van der Waals surface area contributed by atoms with Crippen molar-refractivity contribution in [3.63, 3.8) is 0 Å². The molecule has 0 saturated heterocycles. The van der Waals surface area contributed by atoms with E-state index in [9.17, 15) is 4.79 Å². The van der Waals surface area contributed by atoms with E-state index >= 15 is 0 Å². The maximum atomic E-state index is 11.7. The molecule has 1 aliphatic carbocycles. The zero-order valence-electron chi connectivity index (χ0n) is 11.7. The summed E-state index contributed by atoms with van der Waals surface area (Å²) >= 11 is 0. The van der Waals surface area contributed by atoms with Crippen molar-refractivity contribution in [3.05, 3.63) is 0 Å². The van der Waals surface area contributed by atoms with Crippen LogP contribution in [0.5, 0.6) is 0 Å². The van der Waals surface area contributed by atoms with Gasteiger partial charge < -0.3 is 5.32 Å². The standard InChI is InChI=1S/C15H26N2O/c1-4-9-16-11-14(18)17-12-15(10-13(2)3)7-5-6-8-15/h1,13,16H,5-12H2,2-3H3,(H,17,18). The molecule has 1 fully saturated rings. The zero-order valence-corrected chi connectivity index (χ0v) is 11.7. The SMILES string of the molecule is C#CCNCC(=O)NCC1(CC(C)C)CCCC1. The van der Waals surface area contributed by atoms with Gasteiger partial charge in [0, 0.05) is 6.54 Å². The van der Waals surface area contributed by atoms with Gasteiger partial charge >= 0.3 is 0 Å². The molecule has 0 spiro atoms. The molecule has 0 radical (unpaired) electrons. The second kappa shape index (κ2) is 7.43. The first-order valence-corrected chi connectivity index (χ1v) is 6.99. The van der Waals surface area contributed by atoms with Gasteiger partial charge in [0.15, 0.2) is 0 Å². The third-order valence-corrected chi connectivity index (χ3v) is 3.68. The van der Waals surface area contributed by atoms with E-state index in [0.29, 0.717) is 24.4 Å². The summed E-state index contributed by atoms with van der Waals surface area (Å²) in [6, 6.07) is 0. The number of rotatable bonds is 7. The molecule has 18 heavy (non-hydrogen) atoms. The van der Waals surface area contributed by atoms with Gasteiger partial charge in [0.2, 0.25) is 5.91 Å². The third kappa shape index (κ3) is 5.10. The third-order valence-electron chi connectivity index (χ3n) is 3.68. The molecule has 0 heterocycles. The summed E-state index contributed by atoms with van der Waals surface area (Å²) < 4.78 is 0. The molecule has 3 heteroatoms. The fourth-order valence-electron chi connectivity index (χ4n) is 3.04. The number of carbonyl (C=O) groups excluding carboxylic acids is 1. The molecule has 0 aromatic heterocycles. The molecule has 1 saturated carbocycles. The van der Waals surface area contributed by atoms with Gasteiger partial charge in [-0.3, -0.25) is 10.1 Å². The molecule has 1 rings (SSSR count). The average molecular weight is 250 g/mol. The predicted octanol–water partition coefficient (Wildman–Crippen LogP) is 1.93. The average Bonchev–Trinajstić information content (AvgIpc) is 2.75. The minimum atomic E-state index is 0.0558. The number of terminal acetylenes is 1. The molecule has 0 bridgehead atoms. The first kappa shape index (κ1) is 15.0. The molecule has 0 unspecified atom stereocenters. The number of amides is 1. The van der Waals surface area contributed by atoms with Crippen LogP contribution in [0.15, 0.2) is 0 Å². The molecular weight excluding hydrogens is 224 g/mol. The fourth-order valence-corrected chi connectivity index (χ4v) is 3.04. The Morgan fingerprint density at radius 3 is 2.61 bits per heavy atom. The topological polar surface area (TPSA) is 41.1 Å². The van der Waals surface area contributed by atoms with E-state index in [1.165, 1.54) is 32.1 Å². The van der Waals surface area contributed by atoms with Crippen LogP contribution in [0.25, 0.3) is 0 Å². The molecule has 1 amide bonds. The quantitative estimate of drug-likeness (QED) is 0.535. The van der Waals surface area contributed by atoms with Gasteiger partial charge in [0.05, 0.1) is 13.1 Å². The number of hydrogen-bond acceptors (Lipinski definition) is 2. The Labute approximate surface area is 111 Å². The molecule has 102 valence electrons. The maximum absolute atomic E-state index is 11.7. The fraction of sp³-hybridized carbons (Fsp3) is 0.800. The largest absolute Gasteiger partial charge is 0.354 e. The van der Waals surface area contributed by atoms with E-state index in [-0.39, 0.29) is 5.91 Å². The molecule has 0 atom stereocenters. The van der Waals surface area contributed by atoms with E-state index in [2.05, 4.69) is 30.4 Å². The van der Waals surface area contributed by atoms with Crippen molar-refractivity contribution >= 4 is 5.91 Å². The smallest absolute Gasteiger partial charge is 0.234 e. The van der Waals surface area contributed by atoms with Gasteiger partial charge in [0.1, 0.15) is 0 Å². The van der Waals surface area contributed by atoms with Gasteiger partial charge in [-0.15, -0.1) is 6.42 Å². The normalized spacial score (nSPS) is 17.7. The highest BCUT2D eigenvalue weighted by molar-refractivity contribution is 5.78. The van der Waals surface area contributed by atoms with Gasteiger partial charge in [-0.2, -0.15) is 0 Å². The Balaban J connectivity index is 2.34. The van der Waals surface area contributed by atoms with Crippen molar-refractivity contribution in [3.8, 4) is 12.3 Å². The lowest BCUT2D eigenvalue weighted by Gasteiger charge is -2.31. The molecular formula is C15H26N2O. The summed E-state index contributed by atoms with van der Waals surface area (Å²) in [5.41, 5.74) is 0.343. The minimum Gasteiger partial charge on any atom is -0.354 e. The number of hydrogen-bond donors (Lipinski definition) is 2. The van der Waals surface area contributed by atoms with E-state index < -0.39 is 0 Å². The van der Waals surface area contributed by atoms with Crippen LogP contribution < -0.4 is 10.6 Å². The van der Waals surface area contributed by atoms with Crippen LogP contribution in [0, 0.1) is 23.7 Å².